The average molecular weight is 373 g/mol. The second-order valence-corrected chi connectivity index (χ2v) is 6.12. The molecule has 0 atom stereocenters. The molecule has 1 aromatic carbocycles. The van der Waals surface area contributed by atoms with Crippen molar-refractivity contribution >= 4 is 11.6 Å². The summed E-state index contributed by atoms with van der Waals surface area (Å²) in [6, 6.07) is 6.26. The van der Waals surface area contributed by atoms with E-state index in [-0.39, 0.29) is 12.6 Å². The summed E-state index contributed by atoms with van der Waals surface area (Å²) in [6.45, 7) is 0.264. The molecule has 1 amide bonds. The predicted octanol–water partition coefficient (Wildman–Crippen LogP) is 3.28. The third kappa shape index (κ3) is 3.12. The van der Waals surface area contributed by atoms with Gasteiger partial charge >= 0.3 is 6.18 Å². The van der Waals surface area contributed by atoms with E-state index in [1.54, 1.807) is 30.2 Å². The molecule has 6 nitrogen and oxygen atoms in total. The summed E-state index contributed by atoms with van der Waals surface area (Å²) in [5, 5.41) is 9.90. The zero-order valence-corrected chi connectivity index (χ0v) is 14.1. The first kappa shape index (κ1) is 17.1. The van der Waals surface area contributed by atoms with Gasteiger partial charge in [0.25, 0.3) is 5.91 Å². The fourth-order valence-corrected chi connectivity index (χ4v) is 2.94. The minimum atomic E-state index is -4.41. The quantitative estimate of drug-likeness (QED) is 0.723. The fraction of sp³-hybridized carbons (Fsp3) is 0.167. The molecule has 0 saturated heterocycles. The lowest BCUT2D eigenvalue weighted by Crippen LogP contribution is -2.35. The number of halogens is 3. The molecule has 0 saturated carbocycles. The third-order valence-electron chi connectivity index (χ3n) is 4.26. The van der Waals surface area contributed by atoms with Crippen molar-refractivity contribution in [3.8, 4) is 22.5 Å². The van der Waals surface area contributed by atoms with Crippen LogP contribution < -0.4 is 10.6 Å². The van der Waals surface area contributed by atoms with Gasteiger partial charge in [0.1, 0.15) is 0 Å². The Morgan fingerprint density at radius 1 is 1.11 bits per heavy atom. The van der Waals surface area contributed by atoms with E-state index in [1.807, 2.05) is 0 Å². The lowest BCUT2D eigenvalue weighted by Gasteiger charge is -2.22. The van der Waals surface area contributed by atoms with Crippen molar-refractivity contribution < 1.29 is 18.0 Å². The number of aryl methyl sites for hydroxylation is 1. The lowest BCUT2D eigenvalue weighted by molar-refractivity contribution is -0.137. The van der Waals surface area contributed by atoms with E-state index in [9.17, 15) is 18.0 Å². The molecule has 9 heteroatoms. The van der Waals surface area contributed by atoms with Crippen molar-refractivity contribution in [1.82, 2.24) is 20.1 Å². The highest BCUT2D eigenvalue weighted by Crippen LogP contribution is 2.35. The Hall–Kier alpha value is -3.36. The van der Waals surface area contributed by atoms with Crippen LogP contribution in [-0.4, -0.2) is 27.3 Å². The lowest BCUT2D eigenvalue weighted by atomic mass is 10.0. The summed E-state index contributed by atoms with van der Waals surface area (Å²) in [4.78, 5) is 16.9. The Morgan fingerprint density at radius 3 is 2.48 bits per heavy atom. The number of aromatic nitrogens is 3. The second kappa shape index (κ2) is 6.11. The van der Waals surface area contributed by atoms with E-state index in [1.165, 1.54) is 12.1 Å². The first-order valence-corrected chi connectivity index (χ1v) is 8.07. The molecule has 0 unspecified atom stereocenters. The van der Waals surface area contributed by atoms with Crippen molar-refractivity contribution in [2.45, 2.75) is 6.18 Å². The van der Waals surface area contributed by atoms with Gasteiger partial charge in [-0.05, 0) is 18.2 Å². The molecule has 27 heavy (non-hydrogen) atoms. The van der Waals surface area contributed by atoms with E-state index < -0.39 is 11.7 Å². The zero-order valence-electron chi connectivity index (χ0n) is 14.1. The largest absolute Gasteiger partial charge is 0.416 e. The Morgan fingerprint density at radius 2 is 1.85 bits per heavy atom. The number of fused-ring (bicyclic) bond motifs is 1. The molecule has 0 radical (unpaired) electrons. The number of pyridine rings is 1. The standard InChI is InChI=1S/C18H14F3N5O/c1-26-8-11(7-24-26)15-16-13(17(27)23-9-22-16)6-14(25-15)10-2-4-12(5-3-10)18(19,20)21/h2-8,22H,9H2,1H3,(H,23,27). The van der Waals surface area contributed by atoms with Crippen molar-refractivity contribution in [3.05, 3.63) is 53.9 Å². The molecule has 0 fully saturated rings. The van der Waals surface area contributed by atoms with Crippen LogP contribution in [0.4, 0.5) is 18.9 Å². The molecule has 0 bridgehead atoms. The van der Waals surface area contributed by atoms with E-state index in [4.69, 9.17) is 0 Å². The Labute approximate surface area is 152 Å². The number of nitrogens with zero attached hydrogens (tertiary/aromatic N) is 3. The zero-order chi connectivity index (χ0) is 19.2. The maximum Gasteiger partial charge on any atom is 0.416 e. The summed E-state index contributed by atoms with van der Waals surface area (Å²) < 4.78 is 40.0. The maximum atomic E-state index is 12.8. The Kier molecular flexibility index (Phi) is 3.87. The molecule has 2 N–H and O–H groups in total. The minimum Gasteiger partial charge on any atom is -0.365 e. The van der Waals surface area contributed by atoms with Crippen LogP contribution in [0, 0.1) is 0 Å². The molecular formula is C18H14F3N5O. The predicted molar refractivity (Wildman–Crippen MR) is 92.8 cm³/mol. The number of amides is 1. The monoisotopic (exact) mass is 373 g/mol. The average Bonchev–Trinajstić information content (AvgIpc) is 3.07. The number of carbonyl (C=O) groups is 1. The van der Waals surface area contributed by atoms with Crippen LogP contribution in [-0.2, 0) is 13.2 Å². The number of alkyl halides is 3. The van der Waals surface area contributed by atoms with Crippen LogP contribution in [0.5, 0.6) is 0 Å². The van der Waals surface area contributed by atoms with Crippen LogP contribution in [0.25, 0.3) is 22.5 Å². The van der Waals surface area contributed by atoms with Crippen molar-refractivity contribution in [1.29, 1.82) is 0 Å². The van der Waals surface area contributed by atoms with Gasteiger partial charge in [-0.15, -0.1) is 0 Å². The number of rotatable bonds is 2. The van der Waals surface area contributed by atoms with Gasteiger partial charge in [0.05, 0.1) is 41.1 Å². The highest BCUT2D eigenvalue weighted by molar-refractivity contribution is 6.05. The van der Waals surface area contributed by atoms with Gasteiger partial charge in [-0.2, -0.15) is 18.3 Å². The van der Waals surface area contributed by atoms with E-state index in [0.29, 0.717) is 33.8 Å². The topological polar surface area (TPSA) is 71.8 Å². The van der Waals surface area contributed by atoms with Crippen LogP contribution in [0.1, 0.15) is 15.9 Å². The van der Waals surface area contributed by atoms with E-state index >= 15 is 0 Å². The van der Waals surface area contributed by atoms with Gasteiger partial charge < -0.3 is 10.6 Å². The molecule has 1 aliphatic heterocycles. The smallest absolute Gasteiger partial charge is 0.365 e. The molecule has 1 aliphatic rings. The van der Waals surface area contributed by atoms with Crippen molar-refractivity contribution in [3.63, 3.8) is 0 Å². The number of carbonyl (C=O) groups excluding carboxylic acids is 1. The molecule has 138 valence electrons. The summed E-state index contributed by atoms with van der Waals surface area (Å²) in [5.41, 5.74) is 2.31. The number of hydrogen-bond donors (Lipinski definition) is 2. The first-order valence-electron chi connectivity index (χ1n) is 8.07. The number of benzene rings is 1. The van der Waals surface area contributed by atoms with Crippen LogP contribution in [0.2, 0.25) is 0 Å². The molecule has 0 spiro atoms. The van der Waals surface area contributed by atoms with Crippen LogP contribution >= 0.6 is 0 Å². The molecular weight excluding hydrogens is 359 g/mol. The highest BCUT2D eigenvalue weighted by atomic mass is 19.4. The molecule has 4 rings (SSSR count). The minimum absolute atomic E-state index is 0.264. The summed E-state index contributed by atoms with van der Waals surface area (Å²) in [6.07, 6.45) is -1.03. The third-order valence-corrected chi connectivity index (χ3v) is 4.26. The maximum absolute atomic E-state index is 12.8. The van der Waals surface area contributed by atoms with Gasteiger partial charge in [0.2, 0.25) is 0 Å². The molecule has 3 heterocycles. The van der Waals surface area contributed by atoms with Crippen molar-refractivity contribution in [2.75, 3.05) is 12.0 Å². The summed E-state index contributed by atoms with van der Waals surface area (Å²) >= 11 is 0. The van der Waals surface area contributed by atoms with Gasteiger partial charge in [-0.3, -0.25) is 9.48 Å². The summed E-state index contributed by atoms with van der Waals surface area (Å²) in [7, 11) is 1.76. The van der Waals surface area contributed by atoms with Gasteiger partial charge in [-0.25, -0.2) is 4.98 Å². The van der Waals surface area contributed by atoms with Gasteiger partial charge in [-0.1, -0.05) is 12.1 Å². The highest BCUT2D eigenvalue weighted by Gasteiger charge is 2.30. The van der Waals surface area contributed by atoms with Crippen molar-refractivity contribution in [2.24, 2.45) is 7.05 Å². The molecule has 0 aliphatic carbocycles. The second-order valence-electron chi connectivity index (χ2n) is 6.12. The number of nitrogens with one attached hydrogen (secondary N) is 2. The fourth-order valence-electron chi connectivity index (χ4n) is 2.94. The first-order chi connectivity index (χ1) is 12.8. The van der Waals surface area contributed by atoms with Crippen LogP contribution in [0.3, 0.4) is 0 Å². The van der Waals surface area contributed by atoms with E-state index in [0.717, 1.165) is 12.1 Å². The molecule has 2 aromatic heterocycles. The normalized spacial score (nSPS) is 13.7. The van der Waals surface area contributed by atoms with E-state index in [2.05, 4.69) is 20.7 Å². The van der Waals surface area contributed by atoms with Gasteiger partial charge in [0.15, 0.2) is 0 Å². The number of hydrogen-bond acceptors (Lipinski definition) is 4. The number of anilines is 1. The Bertz CT molecular complexity index is 1020. The Balaban J connectivity index is 1.86. The van der Waals surface area contributed by atoms with Crippen LogP contribution in [0.15, 0.2) is 42.7 Å². The SMILES string of the molecule is Cn1cc(-c2nc(-c3ccc(C(F)(F)F)cc3)cc3c2NCNC3=O)cn1. The molecule has 3 aromatic rings. The van der Waals surface area contributed by atoms with Gasteiger partial charge in [0, 0.05) is 24.4 Å². The summed E-state index contributed by atoms with van der Waals surface area (Å²) in [5.74, 6) is -0.274.